The Balaban J connectivity index is 2.58. The molecule has 0 aromatic carbocycles. The summed E-state index contributed by atoms with van der Waals surface area (Å²) < 4.78 is 5.74. The van der Waals surface area contributed by atoms with Crippen LogP contribution in [0.2, 0.25) is 0 Å². The molecule has 3 atom stereocenters. The minimum atomic E-state index is 0.282. The van der Waals surface area contributed by atoms with E-state index in [0.29, 0.717) is 12.1 Å². The van der Waals surface area contributed by atoms with E-state index >= 15 is 0 Å². The fourth-order valence-electron chi connectivity index (χ4n) is 2.76. The van der Waals surface area contributed by atoms with Crippen molar-refractivity contribution in [3.63, 3.8) is 0 Å². The molecule has 1 heterocycles. The zero-order valence-electron chi connectivity index (χ0n) is 13.8. The highest BCUT2D eigenvalue weighted by atomic mass is 16.5. The zero-order valence-corrected chi connectivity index (χ0v) is 13.8. The van der Waals surface area contributed by atoms with Crippen LogP contribution in [0, 0.1) is 5.92 Å². The van der Waals surface area contributed by atoms with Crippen LogP contribution in [-0.4, -0.2) is 48.8 Å². The topological polar surface area (TPSA) is 24.5 Å². The van der Waals surface area contributed by atoms with Gasteiger partial charge in [0.15, 0.2) is 0 Å². The lowest BCUT2D eigenvalue weighted by Crippen LogP contribution is -2.64. The lowest BCUT2D eigenvalue weighted by atomic mass is 9.88. The molecule has 1 saturated heterocycles. The molecule has 3 heteroatoms. The van der Waals surface area contributed by atoms with Crippen molar-refractivity contribution < 1.29 is 4.74 Å². The minimum absolute atomic E-state index is 0.282. The fourth-order valence-corrected chi connectivity index (χ4v) is 2.76. The summed E-state index contributed by atoms with van der Waals surface area (Å²) in [7, 11) is 0. The second-order valence-corrected chi connectivity index (χ2v) is 6.59. The van der Waals surface area contributed by atoms with Gasteiger partial charge in [-0.05, 0) is 33.1 Å². The van der Waals surface area contributed by atoms with Gasteiger partial charge in [-0.2, -0.15) is 0 Å². The quantitative estimate of drug-likeness (QED) is 0.770. The third-order valence-electron chi connectivity index (χ3n) is 4.83. The maximum atomic E-state index is 5.74. The molecule has 1 rings (SSSR count). The Kier molecular flexibility index (Phi) is 6.78. The molecule has 3 nitrogen and oxygen atoms in total. The summed E-state index contributed by atoms with van der Waals surface area (Å²) in [6.07, 6.45) is 2.77. The van der Waals surface area contributed by atoms with Crippen LogP contribution in [0.1, 0.15) is 54.4 Å². The van der Waals surface area contributed by atoms with Crippen molar-refractivity contribution in [2.75, 3.05) is 26.2 Å². The van der Waals surface area contributed by atoms with Crippen LogP contribution in [0.15, 0.2) is 0 Å². The molecule has 0 aromatic heterocycles. The molecule has 1 N–H and O–H groups in total. The molecule has 0 radical (unpaired) electrons. The highest BCUT2D eigenvalue weighted by molar-refractivity contribution is 4.96. The van der Waals surface area contributed by atoms with Crippen molar-refractivity contribution in [2.45, 2.75) is 72.1 Å². The smallest absolute Gasteiger partial charge is 0.0597 e. The van der Waals surface area contributed by atoms with Gasteiger partial charge in [-0.15, -0.1) is 0 Å². The second-order valence-electron chi connectivity index (χ2n) is 6.59. The van der Waals surface area contributed by atoms with Gasteiger partial charge in [0.1, 0.15) is 0 Å². The summed E-state index contributed by atoms with van der Waals surface area (Å²) in [4.78, 5) is 2.64. The number of rotatable bonds is 7. The van der Waals surface area contributed by atoms with E-state index in [1.54, 1.807) is 0 Å². The predicted octanol–water partition coefficient (Wildman–Crippen LogP) is 2.90. The summed E-state index contributed by atoms with van der Waals surface area (Å²) in [5.41, 5.74) is 0.282. The van der Waals surface area contributed by atoms with Crippen molar-refractivity contribution in [2.24, 2.45) is 5.92 Å². The van der Waals surface area contributed by atoms with Gasteiger partial charge in [-0.1, -0.05) is 27.2 Å². The van der Waals surface area contributed by atoms with Crippen molar-refractivity contribution in [1.29, 1.82) is 0 Å². The summed E-state index contributed by atoms with van der Waals surface area (Å²) >= 11 is 0. The first-order valence-corrected chi connectivity index (χ1v) is 8.03. The lowest BCUT2D eigenvalue weighted by molar-refractivity contribution is -0.00400. The maximum Gasteiger partial charge on any atom is 0.0597 e. The average Bonchev–Trinajstić information content (AvgIpc) is 2.39. The SMILES string of the molecule is CCC(C)C1CN(CCOC(C)C)C(C)(CC)CN1. The molecule has 0 aromatic rings. The van der Waals surface area contributed by atoms with Crippen LogP contribution in [0.25, 0.3) is 0 Å². The third-order valence-corrected chi connectivity index (χ3v) is 4.83. The van der Waals surface area contributed by atoms with Crippen molar-refractivity contribution in [3.05, 3.63) is 0 Å². The Labute approximate surface area is 120 Å². The molecular weight excluding hydrogens is 236 g/mol. The monoisotopic (exact) mass is 270 g/mol. The van der Waals surface area contributed by atoms with Crippen molar-refractivity contribution in [3.8, 4) is 0 Å². The largest absolute Gasteiger partial charge is 0.377 e. The van der Waals surface area contributed by atoms with E-state index in [1.807, 2.05) is 0 Å². The van der Waals surface area contributed by atoms with E-state index in [-0.39, 0.29) is 5.54 Å². The van der Waals surface area contributed by atoms with Crippen LogP contribution in [0.5, 0.6) is 0 Å². The first-order chi connectivity index (χ1) is 8.92. The van der Waals surface area contributed by atoms with E-state index in [4.69, 9.17) is 4.74 Å². The number of ether oxygens (including phenoxy) is 1. The molecule has 0 saturated carbocycles. The van der Waals surface area contributed by atoms with E-state index < -0.39 is 0 Å². The van der Waals surface area contributed by atoms with Gasteiger partial charge in [0.25, 0.3) is 0 Å². The number of piperazine rings is 1. The molecule has 1 aliphatic rings. The molecular formula is C16H34N2O. The molecule has 3 unspecified atom stereocenters. The maximum absolute atomic E-state index is 5.74. The highest BCUT2D eigenvalue weighted by Gasteiger charge is 2.37. The normalized spacial score (nSPS) is 30.8. The Morgan fingerprint density at radius 3 is 2.53 bits per heavy atom. The molecule has 0 amide bonds. The number of hydrogen-bond donors (Lipinski definition) is 1. The molecule has 1 fully saturated rings. The Morgan fingerprint density at radius 2 is 2.00 bits per heavy atom. The van der Waals surface area contributed by atoms with Gasteiger partial charge in [0.2, 0.25) is 0 Å². The van der Waals surface area contributed by atoms with E-state index in [9.17, 15) is 0 Å². The zero-order chi connectivity index (χ0) is 14.5. The number of nitrogens with zero attached hydrogens (tertiary/aromatic N) is 1. The van der Waals surface area contributed by atoms with Crippen LogP contribution < -0.4 is 5.32 Å². The Bertz CT molecular complexity index is 257. The fraction of sp³-hybridized carbons (Fsp3) is 1.00. The van der Waals surface area contributed by atoms with Gasteiger partial charge >= 0.3 is 0 Å². The first-order valence-electron chi connectivity index (χ1n) is 8.03. The second kappa shape index (κ2) is 7.61. The van der Waals surface area contributed by atoms with Gasteiger partial charge in [-0.25, -0.2) is 0 Å². The van der Waals surface area contributed by atoms with Crippen LogP contribution in [-0.2, 0) is 4.74 Å². The summed E-state index contributed by atoms with van der Waals surface area (Å²) in [6.45, 7) is 17.7. The molecule has 0 aliphatic carbocycles. The van der Waals surface area contributed by atoms with Crippen molar-refractivity contribution >= 4 is 0 Å². The molecule has 0 spiro atoms. The van der Waals surface area contributed by atoms with Gasteiger partial charge in [0.05, 0.1) is 12.7 Å². The Hall–Kier alpha value is -0.120. The molecule has 114 valence electrons. The van der Waals surface area contributed by atoms with E-state index in [1.165, 1.54) is 12.8 Å². The minimum Gasteiger partial charge on any atom is -0.377 e. The van der Waals surface area contributed by atoms with Crippen LogP contribution >= 0.6 is 0 Å². The van der Waals surface area contributed by atoms with Crippen molar-refractivity contribution in [1.82, 2.24) is 10.2 Å². The van der Waals surface area contributed by atoms with Gasteiger partial charge in [0, 0.05) is 31.2 Å². The highest BCUT2D eigenvalue weighted by Crippen LogP contribution is 2.25. The van der Waals surface area contributed by atoms with E-state index in [0.717, 1.165) is 32.2 Å². The summed E-state index contributed by atoms with van der Waals surface area (Å²) in [5, 5.41) is 3.76. The first kappa shape index (κ1) is 16.9. The third kappa shape index (κ3) is 4.73. The average molecular weight is 270 g/mol. The van der Waals surface area contributed by atoms with Crippen LogP contribution in [0.4, 0.5) is 0 Å². The predicted molar refractivity (Wildman–Crippen MR) is 82.6 cm³/mol. The van der Waals surface area contributed by atoms with Crippen LogP contribution in [0.3, 0.4) is 0 Å². The summed E-state index contributed by atoms with van der Waals surface area (Å²) in [5.74, 6) is 0.745. The van der Waals surface area contributed by atoms with Gasteiger partial charge < -0.3 is 10.1 Å². The molecule has 1 aliphatic heterocycles. The van der Waals surface area contributed by atoms with Gasteiger partial charge in [-0.3, -0.25) is 4.90 Å². The standard InChI is InChI=1S/C16H34N2O/c1-7-14(5)15-11-18(9-10-19-13(3)4)16(6,8-2)12-17-15/h13-15,17H,7-12H2,1-6H3. The van der Waals surface area contributed by atoms with E-state index in [2.05, 4.69) is 51.8 Å². The Morgan fingerprint density at radius 1 is 1.32 bits per heavy atom. The number of hydrogen-bond acceptors (Lipinski definition) is 3. The number of nitrogens with one attached hydrogen (secondary N) is 1. The lowest BCUT2D eigenvalue weighted by Gasteiger charge is -2.49. The summed E-state index contributed by atoms with van der Waals surface area (Å²) in [6, 6.07) is 0.628. The molecule has 19 heavy (non-hydrogen) atoms. The molecule has 0 bridgehead atoms.